The Balaban J connectivity index is 2.65. The van der Waals surface area contributed by atoms with Gasteiger partial charge in [-0.2, -0.15) is 22.3 Å². The van der Waals surface area contributed by atoms with Crippen molar-refractivity contribution in [2.24, 2.45) is 5.92 Å². The Hall–Kier alpha value is -0.640. The van der Waals surface area contributed by atoms with Crippen molar-refractivity contribution >= 4 is 10.2 Å². The Morgan fingerprint density at radius 1 is 1.12 bits per heavy atom. The molecule has 92 valence electrons. The summed E-state index contributed by atoms with van der Waals surface area (Å²) in [4.78, 5) is 0. The fourth-order valence-corrected chi connectivity index (χ4v) is 3.12. The maximum Gasteiger partial charge on any atom is 0.281 e. The predicted octanol–water partition coefficient (Wildman–Crippen LogP) is 0.807. The third-order valence-corrected chi connectivity index (χ3v) is 5.17. The molecule has 0 aromatic rings. The third-order valence-electron chi connectivity index (χ3n) is 3.22. The fraction of sp³-hybridized carbons (Fsp3) is 0.900. The van der Waals surface area contributed by atoms with Gasteiger partial charge < -0.3 is 0 Å². The molecule has 5 nitrogen and oxygen atoms in total. The second-order valence-electron chi connectivity index (χ2n) is 4.44. The Kier molecular flexibility index (Phi) is 4.30. The molecule has 1 fully saturated rings. The van der Waals surface area contributed by atoms with Crippen LogP contribution in [0.2, 0.25) is 0 Å². The second kappa shape index (κ2) is 5.13. The van der Waals surface area contributed by atoms with Crippen LogP contribution in [0.4, 0.5) is 0 Å². The highest BCUT2D eigenvalue weighted by Crippen LogP contribution is 2.27. The molecule has 0 spiro atoms. The molecule has 0 N–H and O–H groups in total. The van der Waals surface area contributed by atoms with E-state index in [1.807, 2.05) is 0 Å². The van der Waals surface area contributed by atoms with Crippen LogP contribution in [0.15, 0.2) is 0 Å². The summed E-state index contributed by atoms with van der Waals surface area (Å²) in [6.45, 7) is 0. The lowest BCUT2D eigenvalue weighted by atomic mass is 9.87. The minimum atomic E-state index is -3.32. The molecule has 0 aliphatic heterocycles. The Bertz CT molecular complexity index is 364. The van der Waals surface area contributed by atoms with Gasteiger partial charge in [0, 0.05) is 33.1 Å². The average Bonchev–Trinajstić information content (AvgIpc) is 2.28. The van der Waals surface area contributed by atoms with E-state index in [-0.39, 0.29) is 12.0 Å². The molecule has 1 rings (SSSR count). The van der Waals surface area contributed by atoms with Crippen LogP contribution in [0, 0.1) is 17.2 Å². The number of hydrogen-bond acceptors (Lipinski definition) is 3. The molecule has 0 aromatic carbocycles. The highest BCUT2D eigenvalue weighted by Gasteiger charge is 2.31. The monoisotopic (exact) mass is 245 g/mol. The minimum Gasteiger partial charge on any atom is -0.198 e. The normalized spacial score (nSPS) is 27.0. The van der Waals surface area contributed by atoms with Gasteiger partial charge in [-0.1, -0.05) is 0 Å². The van der Waals surface area contributed by atoms with E-state index in [0.717, 1.165) is 25.7 Å². The third kappa shape index (κ3) is 2.73. The lowest BCUT2D eigenvalue weighted by molar-refractivity contribution is 0.251. The zero-order valence-corrected chi connectivity index (χ0v) is 10.9. The van der Waals surface area contributed by atoms with Gasteiger partial charge in [0.05, 0.1) is 6.07 Å². The van der Waals surface area contributed by atoms with E-state index in [9.17, 15) is 8.42 Å². The molecule has 16 heavy (non-hydrogen) atoms. The van der Waals surface area contributed by atoms with Crippen LogP contribution in [0.5, 0.6) is 0 Å². The van der Waals surface area contributed by atoms with E-state index in [1.54, 1.807) is 7.05 Å². The number of hydrogen-bond donors (Lipinski definition) is 0. The zero-order chi connectivity index (χ0) is 12.3. The van der Waals surface area contributed by atoms with Crippen LogP contribution in [-0.4, -0.2) is 44.2 Å². The van der Waals surface area contributed by atoms with E-state index >= 15 is 0 Å². The van der Waals surface area contributed by atoms with Gasteiger partial charge in [-0.25, -0.2) is 0 Å². The van der Waals surface area contributed by atoms with Gasteiger partial charge in [-0.15, -0.1) is 0 Å². The Morgan fingerprint density at radius 3 is 2.00 bits per heavy atom. The standard InChI is InChI=1S/C10H19N3O2S/c1-12(2)16(14,15)13(3)10-6-4-9(8-11)5-7-10/h9-10H,4-7H2,1-3H3. The van der Waals surface area contributed by atoms with Gasteiger partial charge in [-0.05, 0) is 25.7 Å². The summed E-state index contributed by atoms with van der Waals surface area (Å²) in [5, 5.41) is 8.77. The first-order valence-corrected chi connectivity index (χ1v) is 6.84. The fourth-order valence-electron chi connectivity index (χ4n) is 2.01. The molecule has 1 saturated carbocycles. The van der Waals surface area contributed by atoms with E-state index < -0.39 is 10.2 Å². The first-order valence-electron chi connectivity index (χ1n) is 5.44. The lowest BCUT2D eigenvalue weighted by Gasteiger charge is -2.33. The van der Waals surface area contributed by atoms with Crippen molar-refractivity contribution in [3.8, 4) is 6.07 Å². The highest BCUT2D eigenvalue weighted by atomic mass is 32.2. The Morgan fingerprint density at radius 2 is 1.62 bits per heavy atom. The first kappa shape index (κ1) is 13.4. The van der Waals surface area contributed by atoms with Crippen molar-refractivity contribution in [2.75, 3.05) is 21.1 Å². The maximum atomic E-state index is 11.9. The highest BCUT2D eigenvalue weighted by molar-refractivity contribution is 7.86. The molecular weight excluding hydrogens is 226 g/mol. The largest absolute Gasteiger partial charge is 0.281 e. The molecule has 1 aliphatic rings. The lowest BCUT2D eigenvalue weighted by Crippen LogP contribution is -2.44. The number of nitriles is 1. The topological polar surface area (TPSA) is 64.4 Å². The van der Waals surface area contributed by atoms with Gasteiger partial charge in [0.25, 0.3) is 10.2 Å². The van der Waals surface area contributed by atoms with Crippen molar-refractivity contribution in [2.45, 2.75) is 31.7 Å². The predicted molar refractivity (Wildman–Crippen MR) is 61.7 cm³/mol. The summed E-state index contributed by atoms with van der Waals surface area (Å²) in [6.07, 6.45) is 3.16. The van der Waals surface area contributed by atoms with Gasteiger partial charge in [0.1, 0.15) is 0 Å². The summed E-state index contributed by atoms with van der Waals surface area (Å²) in [5.41, 5.74) is 0. The molecule has 0 radical (unpaired) electrons. The van der Waals surface area contributed by atoms with E-state index in [0.29, 0.717) is 0 Å². The minimum absolute atomic E-state index is 0.0389. The van der Waals surface area contributed by atoms with E-state index in [2.05, 4.69) is 6.07 Å². The summed E-state index contributed by atoms with van der Waals surface area (Å²) in [6, 6.07) is 2.29. The SMILES string of the molecule is CN(C)S(=O)(=O)N(C)C1CCC(C#N)CC1. The average molecular weight is 245 g/mol. The van der Waals surface area contributed by atoms with E-state index in [4.69, 9.17) is 5.26 Å². The van der Waals surface area contributed by atoms with Crippen LogP contribution >= 0.6 is 0 Å². The summed E-state index contributed by atoms with van der Waals surface area (Å²) >= 11 is 0. The molecule has 0 bridgehead atoms. The van der Waals surface area contributed by atoms with Crippen molar-refractivity contribution in [3.63, 3.8) is 0 Å². The second-order valence-corrected chi connectivity index (χ2v) is 6.64. The summed E-state index contributed by atoms with van der Waals surface area (Å²) < 4.78 is 26.4. The quantitative estimate of drug-likeness (QED) is 0.739. The van der Waals surface area contributed by atoms with Crippen LogP contribution in [0.1, 0.15) is 25.7 Å². The molecule has 6 heteroatoms. The zero-order valence-electron chi connectivity index (χ0n) is 10.0. The van der Waals surface area contributed by atoms with Crippen molar-refractivity contribution < 1.29 is 8.42 Å². The number of rotatable bonds is 3. The molecule has 0 aromatic heterocycles. The summed E-state index contributed by atoms with van der Waals surface area (Å²) in [7, 11) is 1.37. The number of nitrogens with zero attached hydrogens (tertiary/aromatic N) is 3. The van der Waals surface area contributed by atoms with Crippen molar-refractivity contribution in [1.82, 2.24) is 8.61 Å². The van der Waals surface area contributed by atoms with Crippen molar-refractivity contribution in [1.29, 1.82) is 5.26 Å². The Labute approximate surface area is 97.8 Å². The van der Waals surface area contributed by atoms with Crippen LogP contribution in [-0.2, 0) is 10.2 Å². The smallest absolute Gasteiger partial charge is 0.198 e. The molecule has 0 amide bonds. The van der Waals surface area contributed by atoms with Crippen molar-refractivity contribution in [3.05, 3.63) is 0 Å². The molecule has 0 heterocycles. The summed E-state index contributed by atoms with van der Waals surface area (Å²) in [5.74, 6) is 0.103. The van der Waals surface area contributed by atoms with Crippen LogP contribution < -0.4 is 0 Å². The molecule has 0 atom stereocenters. The van der Waals surface area contributed by atoms with Crippen LogP contribution in [0.3, 0.4) is 0 Å². The van der Waals surface area contributed by atoms with Gasteiger partial charge in [-0.3, -0.25) is 0 Å². The van der Waals surface area contributed by atoms with Crippen LogP contribution in [0.25, 0.3) is 0 Å². The van der Waals surface area contributed by atoms with Gasteiger partial charge in [0.2, 0.25) is 0 Å². The van der Waals surface area contributed by atoms with Gasteiger partial charge in [0.15, 0.2) is 0 Å². The maximum absolute atomic E-state index is 11.9. The molecular formula is C10H19N3O2S. The first-order chi connectivity index (χ1) is 7.39. The molecule has 0 unspecified atom stereocenters. The molecule has 1 aliphatic carbocycles. The molecule has 0 saturated heterocycles. The van der Waals surface area contributed by atoms with Gasteiger partial charge >= 0.3 is 0 Å². The van der Waals surface area contributed by atoms with E-state index in [1.165, 1.54) is 22.7 Å².